The van der Waals surface area contributed by atoms with Crippen LogP contribution >= 0.6 is 0 Å². The quantitative estimate of drug-likeness (QED) is 0.182. The largest absolute Gasteiger partial charge is 0.317 e. The van der Waals surface area contributed by atoms with Crippen molar-refractivity contribution in [2.45, 2.75) is 6.92 Å². The van der Waals surface area contributed by atoms with Gasteiger partial charge >= 0.3 is 0 Å². The predicted octanol–water partition coefficient (Wildman–Crippen LogP) is 11.4. The van der Waals surface area contributed by atoms with E-state index < -0.39 is 0 Å². The first-order valence-corrected chi connectivity index (χ1v) is 15.5. The maximum atomic E-state index is 4.81. The summed E-state index contributed by atoms with van der Waals surface area (Å²) in [6.07, 6.45) is 16.6. The summed E-state index contributed by atoms with van der Waals surface area (Å²) in [6.45, 7) is 12.1. The van der Waals surface area contributed by atoms with E-state index in [2.05, 4.69) is 137 Å². The summed E-state index contributed by atoms with van der Waals surface area (Å²) in [4.78, 5) is 9.12. The van der Waals surface area contributed by atoms with Crippen molar-refractivity contribution >= 4 is 43.5 Å². The summed E-state index contributed by atoms with van der Waals surface area (Å²) in [5.74, 6) is 0.896. The average molecular weight is 609 g/mol. The van der Waals surface area contributed by atoms with Gasteiger partial charge in [-0.3, -0.25) is 9.55 Å². The van der Waals surface area contributed by atoms with Gasteiger partial charge in [0.15, 0.2) is 0 Å². The molecule has 0 N–H and O–H groups in total. The Bertz CT molecular complexity index is 2350. The lowest BCUT2D eigenvalue weighted by Gasteiger charge is -2.10. The number of hydrogen-bond acceptors (Lipinski definition) is 2. The van der Waals surface area contributed by atoms with Crippen LogP contribution in [0.15, 0.2) is 184 Å². The first-order chi connectivity index (χ1) is 23.2. The van der Waals surface area contributed by atoms with E-state index >= 15 is 0 Å². The number of para-hydroxylation sites is 2. The highest BCUT2D eigenvalue weighted by molar-refractivity contribution is 6.14. The van der Waals surface area contributed by atoms with Crippen LogP contribution in [0, 0.1) is 0 Å². The van der Waals surface area contributed by atoms with Crippen LogP contribution in [0.3, 0.4) is 0 Å². The van der Waals surface area contributed by atoms with Crippen LogP contribution < -0.4 is 0 Å². The van der Waals surface area contributed by atoms with Crippen molar-refractivity contribution in [3.8, 4) is 22.6 Å². The van der Waals surface area contributed by atoms with Crippen LogP contribution in [0.2, 0.25) is 0 Å². The lowest BCUT2D eigenvalue weighted by molar-refractivity contribution is 1.08. The molecule has 8 aromatic rings. The van der Waals surface area contributed by atoms with Gasteiger partial charge in [-0.15, -0.1) is 0 Å². The molecule has 4 aromatic carbocycles. The van der Waals surface area contributed by atoms with Gasteiger partial charge in [-0.25, -0.2) is 4.98 Å². The van der Waals surface area contributed by atoms with Crippen LogP contribution in [-0.2, 0) is 0 Å². The molecule has 0 saturated heterocycles. The molecule has 0 spiro atoms. The van der Waals surface area contributed by atoms with Crippen LogP contribution in [0.1, 0.15) is 6.92 Å². The zero-order valence-electron chi connectivity index (χ0n) is 26.5. The minimum absolute atomic E-state index is 0.896. The second kappa shape index (κ2) is 14.2. The monoisotopic (exact) mass is 608 g/mol. The summed E-state index contributed by atoms with van der Waals surface area (Å²) < 4.78 is 4.54. The lowest BCUT2D eigenvalue weighted by Crippen LogP contribution is -1.97. The van der Waals surface area contributed by atoms with Gasteiger partial charge in [0, 0.05) is 52.2 Å². The van der Waals surface area contributed by atoms with Crippen LogP contribution in [-0.4, -0.2) is 19.1 Å². The minimum atomic E-state index is 0.896. The van der Waals surface area contributed by atoms with Gasteiger partial charge < -0.3 is 4.57 Å². The van der Waals surface area contributed by atoms with Crippen molar-refractivity contribution in [1.82, 2.24) is 19.1 Å². The third kappa shape index (κ3) is 6.31. The maximum absolute atomic E-state index is 4.81. The Balaban J connectivity index is 0.000000384. The first kappa shape index (κ1) is 30.8. The molecule has 0 fully saturated rings. The molecule has 0 radical (unpaired) electrons. The number of aromatic nitrogens is 4. The summed E-state index contributed by atoms with van der Waals surface area (Å²) in [6, 6.07) is 38.8. The van der Waals surface area contributed by atoms with Crippen LogP contribution in [0.4, 0.5) is 0 Å². The normalized spacial score (nSPS) is 10.8. The summed E-state index contributed by atoms with van der Waals surface area (Å²) >= 11 is 0. The minimum Gasteiger partial charge on any atom is -0.317 e. The van der Waals surface area contributed by atoms with Crippen LogP contribution in [0.25, 0.3) is 66.1 Å². The number of pyridine rings is 2. The van der Waals surface area contributed by atoms with Crippen molar-refractivity contribution in [2.75, 3.05) is 0 Å². The molecule has 228 valence electrons. The Hall–Kier alpha value is -6.26. The molecular formula is C43H36N4. The predicted molar refractivity (Wildman–Crippen MR) is 202 cm³/mol. The van der Waals surface area contributed by atoms with E-state index in [-0.39, 0.29) is 0 Å². The van der Waals surface area contributed by atoms with Gasteiger partial charge in [-0.05, 0) is 90.0 Å². The molecule has 8 rings (SSSR count). The molecule has 4 nitrogen and oxygen atoms in total. The van der Waals surface area contributed by atoms with Gasteiger partial charge in [0.05, 0.1) is 16.6 Å². The number of benzene rings is 4. The second-order valence-corrected chi connectivity index (χ2v) is 10.9. The highest BCUT2D eigenvalue weighted by Gasteiger charge is 2.15. The SMILES string of the molecule is C=C/C=C\C.C=CC=C.c1ccc(-n2ccc3cc4cc5c(cc4cc32)c2ccccc2n5-c2cc(-c3cccnc3)ccn2)cc1. The second-order valence-electron chi connectivity index (χ2n) is 10.9. The Morgan fingerprint density at radius 1 is 0.596 bits per heavy atom. The standard InChI is InChI=1S/C34H22N4.C5H8.C4H6/c1-2-8-28(9-3-1)37-16-13-24-17-26-20-33-30(18-27(26)19-32(24)37)29-10-4-5-11-31(29)38(33)34-21-23(12-15-36-34)25-7-6-14-35-22-25;1-3-5-4-2;1-3-4-2/h1-22H;3-5H,1H2,2H3;3-4H,1-2H2/b;5-4-;. The van der Waals surface area contributed by atoms with E-state index in [1.165, 1.54) is 38.1 Å². The highest BCUT2D eigenvalue weighted by atomic mass is 15.1. The fourth-order valence-corrected chi connectivity index (χ4v) is 5.80. The lowest BCUT2D eigenvalue weighted by atomic mass is 10.0. The van der Waals surface area contributed by atoms with Crippen molar-refractivity contribution in [3.63, 3.8) is 0 Å². The number of nitrogens with zero attached hydrogens (tertiary/aromatic N) is 4. The average Bonchev–Trinajstić information content (AvgIpc) is 3.69. The van der Waals surface area contributed by atoms with Crippen LogP contribution in [0.5, 0.6) is 0 Å². The third-order valence-electron chi connectivity index (χ3n) is 7.94. The molecule has 0 unspecified atom stereocenters. The van der Waals surface area contributed by atoms with Gasteiger partial charge in [-0.1, -0.05) is 92.6 Å². The molecule has 0 saturated carbocycles. The van der Waals surface area contributed by atoms with Crippen molar-refractivity contribution in [2.24, 2.45) is 0 Å². The molecule has 0 amide bonds. The Morgan fingerprint density at radius 3 is 2.09 bits per heavy atom. The Kier molecular flexibility index (Phi) is 9.31. The van der Waals surface area contributed by atoms with E-state index in [4.69, 9.17) is 4.98 Å². The number of allylic oxidation sites excluding steroid dienone is 5. The molecule has 0 bridgehead atoms. The maximum Gasteiger partial charge on any atom is 0.138 e. The van der Waals surface area contributed by atoms with E-state index in [9.17, 15) is 0 Å². The summed E-state index contributed by atoms with van der Waals surface area (Å²) in [5.41, 5.74) is 6.84. The zero-order valence-corrected chi connectivity index (χ0v) is 26.5. The fraction of sp³-hybridized carbons (Fsp3) is 0.0233. The molecule has 4 heterocycles. The summed E-state index contributed by atoms with van der Waals surface area (Å²) in [5, 5.41) is 6.10. The Morgan fingerprint density at radius 2 is 1.36 bits per heavy atom. The molecule has 0 aliphatic carbocycles. The number of rotatable bonds is 5. The van der Waals surface area contributed by atoms with Gasteiger partial charge in [0.1, 0.15) is 5.82 Å². The van der Waals surface area contributed by atoms with E-state index in [1.807, 2.05) is 43.6 Å². The van der Waals surface area contributed by atoms with E-state index in [0.717, 1.165) is 28.0 Å². The summed E-state index contributed by atoms with van der Waals surface area (Å²) in [7, 11) is 0. The van der Waals surface area contributed by atoms with Crippen molar-refractivity contribution in [3.05, 3.63) is 184 Å². The molecule has 0 aliphatic rings. The van der Waals surface area contributed by atoms with Gasteiger partial charge in [0.25, 0.3) is 0 Å². The topological polar surface area (TPSA) is 35.6 Å². The van der Waals surface area contributed by atoms with Gasteiger partial charge in [-0.2, -0.15) is 0 Å². The molecule has 47 heavy (non-hydrogen) atoms. The molecule has 4 heteroatoms. The Labute approximate surface area is 275 Å². The molecular weight excluding hydrogens is 573 g/mol. The fourth-order valence-electron chi connectivity index (χ4n) is 5.80. The van der Waals surface area contributed by atoms with E-state index in [1.54, 1.807) is 24.4 Å². The van der Waals surface area contributed by atoms with Gasteiger partial charge in [0.2, 0.25) is 0 Å². The highest BCUT2D eigenvalue weighted by Crippen LogP contribution is 2.36. The van der Waals surface area contributed by atoms with E-state index in [0.29, 0.717) is 0 Å². The first-order valence-electron chi connectivity index (χ1n) is 15.5. The zero-order chi connectivity index (χ0) is 32.6. The number of hydrogen-bond donors (Lipinski definition) is 0. The molecule has 4 aromatic heterocycles. The molecule has 0 aliphatic heterocycles. The van der Waals surface area contributed by atoms with Crippen molar-refractivity contribution < 1.29 is 0 Å². The van der Waals surface area contributed by atoms with Crippen molar-refractivity contribution in [1.29, 1.82) is 0 Å². The third-order valence-corrected chi connectivity index (χ3v) is 7.94. The molecule has 0 atom stereocenters. The smallest absolute Gasteiger partial charge is 0.138 e. The number of fused-ring (bicyclic) bond motifs is 5.